The van der Waals surface area contributed by atoms with Crippen LogP contribution in [0.2, 0.25) is 0 Å². The number of aliphatic carboxylic acids is 1. The predicted molar refractivity (Wildman–Crippen MR) is 63.8 cm³/mol. The number of urea groups is 1. The minimum absolute atomic E-state index is 0.0130. The van der Waals surface area contributed by atoms with Gasteiger partial charge in [0.2, 0.25) is 0 Å². The summed E-state index contributed by atoms with van der Waals surface area (Å²) in [6, 6.07) is -1.38. The van der Waals surface area contributed by atoms with Crippen molar-refractivity contribution in [3.63, 3.8) is 0 Å². The fourth-order valence-corrected chi connectivity index (χ4v) is 1.49. The number of aliphatic hydroxyl groups is 1. The molecule has 2 atom stereocenters. The smallest absolute Gasteiger partial charge is 0.326 e. The third-order valence-electron chi connectivity index (χ3n) is 2.74. The molecule has 0 bridgehead atoms. The van der Waals surface area contributed by atoms with E-state index in [4.69, 9.17) is 10.2 Å². The molecule has 0 saturated carbocycles. The third-order valence-corrected chi connectivity index (χ3v) is 2.74. The van der Waals surface area contributed by atoms with Gasteiger partial charge in [0.15, 0.2) is 0 Å². The zero-order valence-corrected chi connectivity index (χ0v) is 10.6. The predicted octanol–water partition coefficient (Wildman–Crippen LogP) is 0.652. The van der Waals surface area contributed by atoms with Crippen LogP contribution in [0.1, 0.15) is 33.6 Å². The Balaban J connectivity index is 4.51. The molecule has 6 heteroatoms. The third kappa shape index (κ3) is 5.04. The molecule has 0 aliphatic heterocycles. The molecule has 3 N–H and O–H groups in total. The van der Waals surface area contributed by atoms with Gasteiger partial charge in [-0.25, -0.2) is 9.59 Å². The Morgan fingerprint density at radius 2 is 1.94 bits per heavy atom. The Morgan fingerprint density at radius 1 is 1.35 bits per heavy atom. The lowest BCUT2D eigenvalue weighted by Gasteiger charge is -2.28. The lowest BCUT2D eigenvalue weighted by molar-refractivity contribution is -0.139. The van der Waals surface area contributed by atoms with E-state index < -0.39 is 18.0 Å². The Morgan fingerprint density at radius 3 is 2.29 bits per heavy atom. The number of aliphatic hydroxyl groups excluding tert-OH is 1. The van der Waals surface area contributed by atoms with Crippen molar-refractivity contribution in [2.45, 2.75) is 45.7 Å². The molecule has 0 saturated heterocycles. The molecule has 0 aromatic carbocycles. The van der Waals surface area contributed by atoms with E-state index in [1.165, 1.54) is 0 Å². The molecule has 0 radical (unpaired) electrons. The zero-order chi connectivity index (χ0) is 13.4. The van der Waals surface area contributed by atoms with E-state index in [0.717, 1.165) is 6.42 Å². The molecular formula is C11H22N2O4. The summed E-state index contributed by atoms with van der Waals surface area (Å²) in [5.41, 5.74) is 0. The fourth-order valence-electron chi connectivity index (χ4n) is 1.49. The maximum atomic E-state index is 11.8. The molecule has 0 aromatic heterocycles. The second kappa shape index (κ2) is 7.89. The van der Waals surface area contributed by atoms with Crippen LogP contribution in [-0.2, 0) is 4.79 Å². The van der Waals surface area contributed by atoms with Gasteiger partial charge in [-0.2, -0.15) is 0 Å². The van der Waals surface area contributed by atoms with Gasteiger partial charge in [-0.1, -0.05) is 6.92 Å². The fraction of sp³-hybridized carbons (Fsp3) is 0.818. The second-order valence-electron chi connectivity index (χ2n) is 3.90. The largest absolute Gasteiger partial charge is 0.480 e. The van der Waals surface area contributed by atoms with Crippen molar-refractivity contribution in [3.8, 4) is 0 Å². The minimum Gasteiger partial charge on any atom is -0.480 e. The van der Waals surface area contributed by atoms with Crippen LogP contribution in [0, 0.1) is 0 Å². The van der Waals surface area contributed by atoms with Crippen molar-refractivity contribution in [2.24, 2.45) is 0 Å². The Hall–Kier alpha value is -1.30. The summed E-state index contributed by atoms with van der Waals surface area (Å²) in [5, 5.41) is 20.0. The van der Waals surface area contributed by atoms with Crippen molar-refractivity contribution in [2.75, 3.05) is 13.2 Å². The molecule has 2 amide bonds. The van der Waals surface area contributed by atoms with Crippen LogP contribution in [0.3, 0.4) is 0 Å². The molecular weight excluding hydrogens is 224 g/mol. The lowest BCUT2D eigenvalue weighted by Crippen LogP contribution is -2.50. The normalized spacial score (nSPS) is 13.9. The maximum absolute atomic E-state index is 11.8. The molecule has 17 heavy (non-hydrogen) atoms. The summed E-state index contributed by atoms with van der Waals surface area (Å²) >= 11 is 0. The molecule has 6 nitrogen and oxygen atoms in total. The lowest BCUT2D eigenvalue weighted by atomic mass is 10.2. The average molecular weight is 246 g/mol. The highest BCUT2D eigenvalue weighted by Crippen LogP contribution is 2.04. The summed E-state index contributed by atoms with van der Waals surface area (Å²) < 4.78 is 0. The van der Waals surface area contributed by atoms with Crippen LogP contribution in [-0.4, -0.2) is 52.3 Å². The highest BCUT2D eigenvalue weighted by atomic mass is 16.4. The van der Waals surface area contributed by atoms with Gasteiger partial charge in [-0.05, 0) is 20.3 Å². The zero-order valence-electron chi connectivity index (χ0n) is 10.6. The van der Waals surface area contributed by atoms with Gasteiger partial charge in [-0.15, -0.1) is 0 Å². The van der Waals surface area contributed by atoms with Crippen molar-refractivity contribution < 1.29 is 19.8 Å². The number of hydrogen-bond acceptors (Lipinski definition) is 3. The van der Waals surface area contributed by atoms with Crippen LogP contribution >= 0.6 is 0 Å². The van der Waals surface area contributed by atoms with E-state index in [-0.39, 0.29) is 19.1 Å². The molecule has 100 valence electrons. The molecule has 0 spiro atoms. The number of hydrogen-bond donors (Lipinski definition) is 3. The van der Waals surface area contributed by atoms with Crippen LogP contribution in [0.5, 0.6) is 0 Å². The van der Waals surface area contributed by atoms with Crippen LogP contribution < -0.4 is 5.32 Å². The summed E-state index contributed by atoms with van der Waals surface area (Å²) in [7, 11) is 0. The van der Waals surface area contributed by atoms with Gasteiger partial charge in [-0.3, -0.25) is 0 Å². The number of carbonyl (C=O) groups is 2. The van der Waals surface area contributed by atoms with Gasteiger partial charge in [0.1, 0.15) is 6.04 Å². The van der Waals surface area contributed by atoms with Gasteiger partial charge in [0.05, 0.1) is 0 Å². The topological polar surface area (TPSA) is 89.9 Å². The first-order chi connectivity index (χ1) is 7.97. The van der Waals surface area contributed by atoms with Crippen molar-refractivity contribution in [3.05, 3.63) is 0 Å². The standard InChI is InChI=1S/C11H22N2O4/c1-4-8(3)13(5-2)11(17)12-9(6-7-14)10(15)16/h8-9,14H,4-7H2,1-3H3,(H,12,17)(H,15,16)/t8?,9-/m0/s1. The van der Waals surface area contributed by atoms with E-state index in [1.54, 1.807) is 4.90 Å². The minimum atomic E-state index is -1.13. The molecule has 0 heterocycles. The highest BCUT2D eigenvalue weighted by molar-refractivity contribution is 5.82. The molecule has 0 aliphatic rings. The Bertz CT molecular complexity index is 258. The van der Waals surface area contributed by atoms with Crippen molar-refractivity contribution in [1.82, 2.24) is 10.2 Å². The number of nitrogens with one attached hydrogen (secondary N) is 1. The first-order valence-corrected chi connectivity index (χ1v) is 5.88. The van der Waals surface area contributed by atoms with Crippen molar-refractivity contribution >= 4 is 12.0 Å². The average Bonchev–Trinajstić information content (AvgIpc) is 2.28. The Kier molecular flexibility index (Phi) is 7.29. The first-order valence-electron chi connectivity index (χ1n) is 5.88. The number of amides is 2. The van der Waals surface area contributed by atoms with Gasteiger partial charge in [0, 0.05) is 25.6 Å². The van der Waals surface area contributed by atoms with Gasteiger partial charge < -0.3 is 20.4 Å². The van der Waals surface area contributed by atoms with Crippen LogP contribution in [0.25, 0.3) is 0 Å². The molecule has 0 fully saturated rings. The van der Waals surface area contributed by atoms with Gasteiger partial charge in [0.25, 0.3) is 0 Å². The maximum Gasteiger partial charge on any atom is 0.326 e. The summed E-state index contributed by atoms with van der Waals surface area (Å²) in [6.45, 7) is 5.96. The number of carbonyl (C=O) groups excluding carboxylic acids is 1. The monoisotopic (exact) mass is 246 g/mol. The second-order valence-corrected chi connectivity index (χ2v) is 3.90. The van der Waals surface area contributed by atoms with E-state index in [0.29, 0.717) is 6.54 Å². The van der Waals surface area contributed by atoms with E-state index >= 15 is 0 Å². The number of nitrogens with zero attached hydrogens (tertiary/aromatic N) is 1. The molecule has 0 aliphatic carbocycles. The quantitative estimate of drug-likeness (QED) is 0.615. The first kappa shape index (κ1) is 15.7. The van der Waals surface area contributed by atoms with Gasteiger partial charge >= 0.3 is 12.0 Å². The van der Waals surface area contributed by atoms with E-state index in [1.807, 2.05) is 20.8 Å². The Labute approximate surface area is 102 Å². The SMILES string of the molecule is CCC(C)N(CC)C(=O)N[C@@H](CCO)C(=O)O. The number of carboxylic acid groups (broad SMARTS) is 1. The summed E-state index contributed by atoms with van der Waals surface area (Å²) in [4.78, 5) is 24.2. The molecule has 0 aromatic rings. The van der Waals surface area contributed by atoms with Crippen molar-refractivity contribution in [1.29, 1.82) is 0 Å². The molecule has 1 unspecified atom stereocenters. The highest BCUT2D eigenvalue weighted by Gasteiger charge is 2.23. The van der Waals surface area contributed by atoms with E-state index in [2.05, 4.69) is 5.32 Å². The summed E-state index contributed by atoms with van der Waals surface area (Å²) in [6.07, 6.45) is 0.818. The van der Waals surface area contributed by atoms with Crippen LogP contribution in [0.15, 0.2) is 0 Å². The van der Waals surface area contributed by atoms with Crippen LogP contribution in [0.4, 0.5) is 4.79 Å². The number of carboxylic acids is 1. The number of rotatable bonds is 7. The summed E-state index contributed by atoms with van der Waals surface area (Å²) in [5.74, 6) is -1.13. The molecule has 0 rings (SSSR count). The van der Waals surface area contributed by atoms with E-state index in [9.17, 15) is 9.59 Å².